The van der Waals surface area contributed by atoms with Crippen LogP contribution in [0.1, 0.15) is 36.8 Å². The van der Waals surface area contributed by atoms with Crippen LogP contribution >= 0.6 is 0 Å². The predicted octanol–water partition coefficient (Wildman–Crippen LogP) is 1.91. The van der Waals surface area contributed by atoms with Gasteiger partial charge in [-0.1, -0.05) is 24.3 Å². The Hall–Kier alpha value is -1.57. The summed E-state index contributed by atoms with van der Waals surface area (Å²) in [5.74, 6) is -5.84. The Morgan fingerprint density at radius 3 is 2.50 bits per heavy atom. The van der Waals surface area contributed by atoms with E-state index in [1.54, 1.807) is 18.2 Å². The van der Waals surface area contributed by atoms with Crippen molar-refractivity contribution in [2.75, 3.05) is 13.1 Å². The average molecular weight is 369 g/mol. The van der Waals surface area contributed by atoms with Crippen LogP contribution < -0.4 is 5.32 Å². The van der Waals surface area contributed by atoms with Gasteiger partial charge in [0.1, 0.15) is 6.10 Å². The van der Waals surface area contributed by atoms with E-state index in [2.05, 4.69) is 5.32 Å². The summed E-state index contributed by atoms with van der Waals surface area (Å²) in [5.41, 5.74) is -1.60. The maximum Gasteiger partial charge on any atom is 0.340 e. The second-order valence-corrected chi connectivity index (χ2v) is 7.54. The van der Waals surface area contributed by atoms with Crippen LogP contribution in [0.4, 0.5) is 8.78 Å². The number of alkyl halides is 2. The van der Waals surface area contributed by atoms with Gasteiger partial charge in [0.05, 0.1) is 0 Å². The molecular weight excluding hydrogens is 344 g/mol. The number of aliphatic carboxylic acids is 1. The van der Waals surface area contributed by atoms with E-state index >= 15 is 0 Å². The Morgan fingerprint density at radius 2 is 1.92 bits per heavy atom. The number of hydrogen-bond donors (Lipinski definition) is 4. The van der Waals surface area contributed by atoms with Gasteiger partial charge in [-0.3, -0.25) is 0 Å². The highest BCUT2D eigenvalue weighted by Crippen LogP contribution is 2.48. The molecule has 0 bridgehead atoms. The third kappa shape index (κ3) is 3.48. The van der Waals surface area contributed by atoms with Crippen molar-refractivity contribution in [2.24, 2.45) is 11.8 Å². The van der Waals surface area contributed by atoms with Gasteiger partial charge in [0, 0.05) is 12.3 Å². The minimum absolute atomic E-state index is 0.168. The van der Waals surface area contributed by atoms with Crippen molar-refractivity contribution >= 4 is 5.97 Å². The zero-order valence-corrected chi connectivity index (χ0v) is 14.5. The monoisotopic (exact) mass is 369 g/mol. The van der Waals surface area contributed by atoms with Crippen LogP contribution in [0.15, 0.2) is 24.3 Å². The molecule has 2 fully saturated rings. The van der Waals surface area contributed by atoms with E-state index in [1.807, 2.05) is 0 Å². The Morgan fingerprint density at radius 1 is 1.27 bits per heavy atom. The number of benzene rings is 1. The number of halogens is 2. The van der Waals surface area contributed by atoms with Crippen LogP contribution in [0.2, 0.25) is 0 Å². The molecule has 0 radical (unpaired) electrons. The van der Waals surface area contributed by atoms with Crippen molar-refractivity contribution in [1.82, 2.24) is 5.32 Å². The number of piperidine rings is 1. The standard InChI is InChI=1S/C19H25F2NO4/c20-18(21)11-14(10-16(18)23)19(26,17(24)25)15-4-2-1-3-13(15)9-12-5-7-22-8-6-12/h1-4,12,14,16,22-23,26H,5-11H2,(H,24,25)/t14-,16?,19-/m1/s1. The number of aliphatic hydroxyl groups is 2. The molecule has 7 heteroatoms. The van der Waals surface area contributed by atoms with Crippen LogP contribution in [-0.2, 0) is 16.8 Å². The van der Waals surface area contributed by atoms with E-state index in [-0.39, 0.29) is 5.56 Å². The molecule has 0 aromatic heterocycles. The largest absolute Gasteiger partial charge is 0.479 e. The normalized spacial score (nSPS) is 28.6. The number of carboxylic acids is 1. The SMILES string of the molecule is O=C(O)[C@](O)(c1ccccc1CC1CCNCC1)[C@@H]1CC(O)C(F)(F)C1. The van der Waals surface area contributed by atoms with Crippen LogP contribution in [-0.4, -0.2) is 46.4 Å². The second-order valence-electron chi connectivity index (χ2n) is 7.54. The summed E-state index contributed by atoms with van der Waals surface area (Å²) in [4.78, 5) is 12.0. The Balaban J connectivity index is 1.94. The van der Waals surface area contributed by atoms with Crippen molar-refractivity contribution in [1.29, 1.82) is 0 Å². The van der Waals surface area contributed by atoms with E-state index < -0.39 is 42.4 Å². The highest BCUT2D eigenvalue weighted by atomic mass is 19.3. The maximum atomic E-state index is 13.8. The van der Waals surface area contributed by atoms with Gasteiger partial charge in [0.25, 0.3) is 5.92 Å². The third-order valence-electron chi connectivity index (χ3n) is 5.83. The molecule has 1 aromatic rings. The van der Waals surface area contributed by atoms with E-state index in [1.165, 1.54) is 6.07 Å². The fourth-order valence-corrected chi connectivity index (χ4v) is 4.28. The molecule has 0 spiro atoms. The summed E-state index contributed by atoms with van der Waals surface area (Å²) < 4.78 is 27.6. The fraction of sp³-hybridized carbons (Fsp3) is 0.632. The van der Waals surface area contributed by atoms with Gasteiger partial charge >= 0.3 is 5.97 Å². The smallest absolute Gasteiger partial charge is 0.340 e. The van der Waals surface area contributed by atoms with Crippen molar-refractivity contribution < 1.29 is 28.9 Å². The van der Waals surface area contributed by atoms with E-state index in [4.69, 9.17) is 0 Å². The van der Waals surface area contributed by atoms with Gasteiger partial charge in [-0.2, -0.15) is 0 Å². The maximum absolute atomic E-state index is 13.8. The van der Waals surface area contributed by atoms with Crippen LogP contribution in [0.25, 0.3) is 0 Å². The zero-order chi connectivity index (χ0) is 18.9. The molecule has 1 unspecified atom stereocenters. The van der Waals surface area contributed by atoms with Gasteiger partial charge in [-0.25, -0.2) is 13.6 Å². The molecule has 3 atom stereocenters. The molecule has 5 nitrogen and oxygen atoms in total. The Labute approximate surface area is 151 Å². The first kappa shape index (κ1) is 19.2. The molecule has 0 amide bonds. The number of carboxylic acid groups (broad SMARTS) is 1. The topological polar surface area (TPSA) is 89.8 Å². The Kier molecular flexibility index (Phi) is 5.33. The molecular formula is C19H25F2NO4. The lowest BCUT2D eigenvalue weighted by atomic mass is 9.76. The molecule has 1 aromatic carbocycles. The number of nitrogens with one attached hydrogen (secondary N) is 1. The van der Waals surface area contributed by atoms with Crippen LogP contribution in [0, 0.1) is 11.8 Å². The number of hydrogen-bond acceptors (Lipinski definition) is 4. The number of carbonyl (C=O) groups is 1. The van der Waals surface area contributed by atoms with Crippen molar-refractivity contribution in [2.45, 2.75) is 49.7 Å². The molecule has 144 valence electrons. The third-order valence-corrected chi connectivity index (χ3v) is 5.83. The van der Waals surface area contributed by atoms with Crippen LogP contribution in [0.3, 0.4) is 0 Å². The lowest BCUT2D eigenvalue weighted by Crippen LogP contribution is -2.43. The summed E-state index contributed by atoms with van der Waals surface area (Å²) in [6, 6.07) is 6.64. The molecule has 26 heavy (non-hydrogen) atoms. The summed E-state index contributed by atoms with van der Waals surface area (Å²) in [6.07, 6.45) is -0.745. The van der Waals surface area contributed by atoms with Gasteiger partial charge in [0.15, 0.2) is 5.60 Å². The zero-order valence-electron chi connectivity index (χ0n) is 14.5. The average Bonchev–Trinajstić information content (AvgIpc) is 2.89. The molecule has 1 aliphatic heterocycles. The summed E-state index contributed by atoms with van der Waals surface area (Å²) in [7, 11) is 0. The van der Waals surface area contributed by atoms with E-state index in [9.17, 15) is 28.9 Å². The van der Waals surface area contributed by atoms with Gasteiger partial charge in [-0.15, -0.1) is 0 Å². The van der Waals surface area contributed by atoms with Crippen molar-refractivity contribution in [3.63, 3.8) is 0 Å². The lowest BCUT2D eigenvalue weighted by molar-refractivity contribution is -0.167. The summed E-state index contributed by atoms with van der Waals surface area (Å²) in [6.45, 7) is 1.77. The second kappa shape index (κ2) is 7.21. The number of rotatable bonds is 5. The predicted molar refractivity (Wildman–Crippen MR) is 91.0 cm³/mol. The van der Waals surface area contributed by atoms with Crippen molar-refractivity contribution in [3.05, 3.63) is 35.4 Å². The first-order valence-electron chi connectivity index (χ1n) is 9.06. The quantitative estimate of drug-likeness (QED) is 0.637. The molecule has 2 aliphatic rings. The molecule has 1 saturated carbocycles. The number of aliphatic hydroxyl groups excluding tert-OH is 1. The Bertz CT molecular complexity index is 663. The summed E-state index contributed by atoms with van der Waals surface area (Å²) >= 11 is 0. The molecule has 3 rings (SSSR count). The highest BCUT2D eigenvalue weighted by molar-refractivity contribution is 5.80. The lowest BCUT2D eigenvalue weighted by Gasteiger charge is -2.33. The first-order valence-corrected chi connectivity index (χ1v) is 9.06. The molecule has 1 aliphatic carbocycles. The fourth-order valence-electron chi connectivity index (χ4n) is 4.28. The van der Waals surface area contributed by atoms with E-state index in [0.717, 1.165) is 25.9 Å². The minimum atomic E-state index is -3.39. The summed E-state index contributed by atoms with van der Waals surface area (Å²) in [5, 5.41) is 33.7. The van der Waals surface area contributed by atoms with Crippen molar-refractivity contribution in [3.8, 4) is 0 Å². The van der Waals surface area contributed by atoms with Gasteiger partial charge < -0.3 is 20.6 Å². The molecule has 1 saturated heterocycles. The highest BCUT2D eigenvalue weighted by Gasteiger charge is 2.58. The van der Waals surface area contributed by atoms with Gasteiger partial charge in [0.2, 0.25) is 0 Å². The van der Waals surface area contributed by atoms with E-state index in [0.29, 0.717) is 17.9 Å². The molecule has 4 N–H and O–H groups in total. The first-order chi connectivity index (χ1) is 12.2. The minimum Gasteiger partial charge on any atom is -0.479 e. The molecule has 1 heterocycles. The van der Waals surface area contributed by atoms with Crippen LogP contribution in [0.5, 0.6) is 0 Å². The van der Waals surface area contributed by atoms with Gasteiger partial charge in [-0.05, 0) is 55.8 Å².